The Hall–Kier alpha value is -1.59. The molecule has 5 nitrogen and oxygen atoms in total. The van der Waals surface area contributed by atoms with Gasteiger partial charge in [-0.3, -0.25) is 9.59 Å². The van der Waals surface area contributed by atoms with Crippen molar-refractivity contribution < 1.29 is 9.59 Å². The lowest BCUT2D eigenvalue weighted by Crippen LogP contribution is -2.43. The molecule has 0 heterocycles. The maximum Gasteiger partial charge on any atom is 0.251 e. The molecule has 1 rings (SSSR count). The van der Waals surface area contributed by atoms with E-state index in [4.69, 9.17) is 5.73 Å². The van der Waals surface area contributed by atoms with E-state index >= 15 is 0 Å². The molecule has 0 radical (unpaired) electrons. The summed E-state index contributed by atoms with van der Waals surface area (Å²) in [6, 6.07) is 6.84. The predicted molar refractivity (Wildman–Crippen MR) is 82.0 cm³/mol. The number of nitrogens with two attached hydrogens (primary N) is 1. The van der Waals surface area contributed by atoms with Crippen LogP contribution in [0.2, 0.25) is 0 Å². The second kappa shape index (κ2) is 9.34. The van der Waals surface area contributed by atoms with Gasteiger partial charge in [0.25, 0.3) is 5.91 Å². The molecular formula is C14H22ClN3O2. The molecule has 0 aliphatic heterocycles. The zero-order chi connectivity index (χ0) is 14.3. The van der Waals surface area contributed by atoms with Crippen LogP contribution in [0, 0.1) is 6.92 Å². The Bertz CT molecular complexity index is 435. The SMILES string of the molecule is CC[C@H](N)C(=O)NCCNC(=O)c1ccc(C)cc1.Cl. The molecular weight excluding hydrogens is 278 g/mol. The third-order valence-electron chi connectivity index (χ3n) is 2.80. The normalized spacial score (nSPS) is 11.2. The van der Waals surface area contributed by atoms with Gasteiger partial charge in [0, 0.05) is 18.7 Å². The number of hydrogen-bond donors (Lipinski definition) is 3. The molecule has 0 fully saturated rings. The lowest BCUT2D eigenvalue weighted by molar-refractivity contribution is -0.122. The summed E-state index contributed by atoms with van der Waals surface area (Å²) >= 11 is 0. The molecule has 1 aromatic carbocycles. The fourth-order valence-electron chi connectivity index (χ4n) is 1.49. The number of nitrogens with one attached hydrogen (secondary N) is 2. The summed E-state index contributed by atoms with van der Waals surface area (Å²) in [5.74, 6) is -0.332. The first-order valence-corrected chi connectivity index (χ1v) is 6.42. The lowest BCUT2D eigenvalue weighted by atomic mass is 10.1. The number of halogens is 1. The van der Waals surface area contributed by atoms with Gasteiger partial charge >= 0.3 is 0 Å². The quantitative estimate of drug-likeness (QED) is 0.685. The van der Waals surface area contributed by atoms with Gasteiger partial charge in [0.15, 0.2) is 0 Å². The zero-order valence-corrected chi connectivity index (χ0v) is 12.6. The van der Waals surface area contributed by atoms with E-state index in [-0.39, 0.29) is 24.2 Å². The van der Waals surface area contributed by atoms with Crippen LogP contribution in [0.25, 0.3) is 0 Å². The monoisotopic (exact) mass is 299 g/mol. The molecule has 0 spiro atoms. The van der Waals surface area contributed by atoms with Gasteiger partial charge in [0.05, 0.1) is 6.04 Å². The van der Waals surface area contributed by atoms with Crippen molar-refractivity contribution in [1.29, 1.82) is 0 Å². The summed E-state index contributed by atoms with van der Waals surface area (Å²) in [5.41, 5.74) is 7.29. The molecule has 112 valence electrons. The van der Waals surface area contributed by atoms with Crippen molar-refractivity contribution in [2.45, 2.75) is 26.3 Å². The summed E-state index contributed by atoms with van der Waals surface area (Å²) in [4.78, 5) is 23.1. The molecule has 0 aliphatic rings. The fraction of sp³-hybridized carbons (Fsp3) is 0.429. The van der Waals surface area contributed by atoms with Crippen molar-refractivity contribution >= 4 is 24.2 Å². The summed E-state index contributed by atoms with van der Waals surface area (Å²) in [5, 5.41) is 5.41. The van der Waals surface area contributed by atoms with Crippen LogP contribution in [0.15, 0.2) is 24.3 Å². The van der Waals surface area contributed by atoms with Crippen LogP contribution in [-0.4, -0.2) is 30.9 Å². The average Bonchev–Trinajstić information content (AvgIpc) is 2.42. The Morgan fingerprint density at radius 2 is 1.70 bits per heavy atom. The Morgan fingerprint density at radius 1 is 1.15 bits per heavy atom. The van der Waals surface area contributed by atoms with Crippen molar-refractivity contribution in [3.8, 4) is 0 Å². The van der Waals surface area contributed by atoms with Gasteiger partial charge in [0.1, 0.15) is 0 Å². The molecule has 1 aromatic rings. The van der Waals surface area contributed by atoms with Crippen LogP contribution in [0.3, 0.4) is 0 Å². The third kappa shape index (κ3) is 6.04. The van der Waals surface area contributed by atoms with E-state index < -0.39 is 6.04 Å². The summed E-state index contributed by atoms with van der Waals surface area (Å²) in [7, 11) is 0. The van der Waals surface area contributed by atoms with Gasteiger partial charge < -0.3 is 16.4 Å². The minimum Gasteiger partial charge on any atom is -0.353 e. The van der Waals surface area contributed by atoms with Gasteiger partial charge in [-0.2, -0.15) is 0 Å². The average molecular weight is 300 g/mol. The molecule has 0 saturated heterocycles. The number of amides is 2. The summed E-state index contributed by atoms with van der Waals surface area (Å²) in [6.45, 7) is 4.58. The molecule has 0 saturated carbocycles. The summed E-state index contributed by atoms with van der Waals surface area (Å²) in [6.07, 6.45) is 0.599. The van der Waals surface area contributed by atoms with E-state index in [2.05, 4.69) is 10.6 Å². The number of aryl methyl sites for hydroxylation is 1. The standard InChI is InChI=1S/C14H21N3O2.ClH/c1-3-12(15)14(19)17-9-8-16-13(18)11-6-4-10(2)5-7-11;/h4-7,12H,3,8-9,15H2,1-2H3,(H,16,18)(H,17,19);1H/t12-;/m0./s1. The molecule has 6 heteroatoms. The second-order valence-corrected chi connectivity index (χ2v) is 4.43. The highest BCUT2D eigenvalue weighted by Crippen LogP contribution is 2.02. The Kier molecular flexibility index (Phi) is 8.59. The van der Waals surface area contributed by atoms with Gasteiger partial charge in [-0.15, -0.1) is 12.4 Å². The molecule has 0 unspecified atom stereocenters. The second-order valence-electron chi connectivity index (χ2n) is 4.43. The highest BCUT2D eigenvalue weighted by molar-refractivity contribution is 5.94. The maximum atomic E-state index is 11.7. The zero-order valence-electron chi connectivity index (χ0n) is 11.8. The van der Waals surface area contributed by atoms with E-state index in [0.717, 1.165) is 5.56 Å². The number of carbonyl (C=O) groups excluding carboxylic acids is 2. The first-order chi connectivity index (χ1) is 9.04. The molecule has 0 aliphatic carbocycles. The van der Waals surface area contributed by atoms with Gasteiger partial charge in [-0.05, 0) is 25.5 Å². The predicted octanol–water partition coefficient (Wildman–Crippen LogP) is 1.00. The van der Waals surface area contributed by atoms with Gasteiger partial charge in [-0.1, -0.05) is 24.6 Å². The lowest BCUT2D eigenvalue weighted by Gasteiger charge is -2.10. The van der Waals surface area contributed by atoms with Crippen molar-refractivity contribution in [3.05, 3.63) is 35.4 Å². The highest BCUT2D eigenvalue weighted by Gasteiger charge is 2.09. The Balaban J connectivity index is 0.00000361. The van der Waals surface area contributed by atoms with E-state index in [0.29, 0.717) is 25.1 Å². The van der Waals surface area contributed by atoms with E-state index in [1.165, 1.54) is 0 Å². The Morgan fingerprint density at radius 3 is 2.25 bits per heavy atom. The highest BCUT2D eigenvalue weighted by atomic mass is 35.5. The van der Waals surface area contributed by atoms with Crippen molar-refractivity contribution in [1.82, 2.24) is 10.6 Å². The van der Waals surface area contributed by atoms with Crippen molar-refractivity contribution in [2.24, 2.45) is 5.73 Å². The molecule has 1 atom stereocenters. The molecule has 2 amide bonds. The van der Waals surface area contributed by atoms with Crippen LogP contribution >= 0.6 is 12.4 Å². The molecule has 20 heavy (non-hydrogen) atoms. The number of rotatable bonds is 6. The van der Waals surface area contributed by atoms with E-state index in [1.54, 1.807) is 12.1 Å². The molecule has 4 N–H and O–H groups in total. The van der Waals surface area contributed by atoms with Crippen LogP contribution in [-0.2, 0) is 4.79 Å². The first kappa shape index (κ1) is 18.4. The van der Waals surface area contributed by atoms with Crippen molar-refractivity contribution in [3.63, 3.8) is 0 Å². The number of hydrogen-bond acceptors (Lipinski definition) is 3. The smallest absolute Gasteiger partial charge is 0.251 e. The minimum absolute atomic E-state index is 0. The number of benzene rings is 1. The Labute approximate surface area is 125 Å². The van der Waals surface area contributed by atoms with Crippen LogP contribution in [0.1, 0.15) is 29.3 Å². The van der Waals surface area contributed by atoms with E-state index in [9.17, 15) is 9.59 Å². The van der Waals surface area contributed by atoms with Crippen LogP contribution in [0.5, 0.6) is 0 Å². The van der Waals surface area contributed by atoms with Gasteiger partial charge in [-0.25, -0.2) is 0 Å². The van der Waals surface area contributed by atoms with Crippen molar-refractivity contribution in [2.75, 3.05) is 13.1 Å². The van der Waals surface area contributed by atoms with Crippen LogP contribution < -0.4 is 16.4 Å². The molecule has 0 aromatic heterocycles. The fourth-order valence-corrected chi connectivity index (χ4v) is 1.49. The largest absolute Gasteiger partial charge is 0.353 e. The van der Waals surface area contributed by atoms with E-state index in [1.807, 2.05) is 26.0 Å². The minimum atomic E-state index is -0.479. The third-order valence-corrected chi connectivity index (χ3v) is 2.80. The van der Waals surface area contributed by atoms with Gasteiger partial charge in [0.2, 0.25) is 5.91 Å². The number of carbonyl (C=O) groups is 2. The molecule has 0 bridgehead atoms. The van der Waals surface area contributed by atoms with Crippen LogP contribution in [0.4, 0.5) is 0 Å². The first-order valence-electron chi connectivity index (χ1n) is 6.42. The summed E-state index contributed by atoms with van der Waals surface area (Å²) < 4.78 is 0. The maximum absolute atomic E-state index is 11.7. The topological polar surface area (TPSA) is 84.2 Å².